The number of benzene rings is 1. The van der Waals surface area contributed by atoms with E-state index in [9.17, 15) is 19.2 Å². The van der Waals surface area contributed by atoms with Gasteiger partial charge in [0.2, 0.25) is 11.7 Å². The predicted octanol–water partition coefficient (Wildman–Crippen LogP) is 3.64. The highest BCUT2D eigenvalue weighted by Crippen LogP contribution is 2.41. The largest absolute Gasteiger partial charge is 0.422 e. The second-order valence-electron chi connectivity index (χ2n) is 10.1. The number of nitrogens with two attached hydrogens (primary N) is 1. The summed E-state index contributed by atoms with van der Waals surface area (Å²) in [5, 5.41) is 0. The maximum atomic E-state index is 12.5. The minimum absolute atomic E-state index is 0.0843. The van der Waals surface area contributed by atoms with E-state index in [4.69, 9.17) is 19.9 Å². The third-order valence-corrected chi connectivity index (χ3v) is 3.74. The van der Waals surface area contributed by atoms with Gasteiger partial charge in [-0.25, -0.2) is 0 Å². The summed E-state index contributed by atoms with van der Waals surface area (Å²) in [6.45, 7) is 14.7. The van der Waals surface area contributed by atoms with Gasteiger partial charge < -0.3 is 19.9 Å². The van der Waals surface area contributed by atoms with Gasteiger partial charge >= 0.3 is 17.9 Å². The van der Waals surface area contributed by atoms with Crippen LogP contribution in [0.3, 0.4) is 0 Å². The lowest BCUT2D eigenvalue weighted by Crippen LogP contribution is -2.29. The summed E-state index contributed by atoms with van der Waals surface area (Å²) in [4.78, 5) is 49.2. The zero-order valence-electron chi connectivity index (χ0n) is 19.1. The number of hydrogen-bond acceptors (Lipinski definition) is 7. The standard InChI is InChI=1S/C22H31NO7/c1-20(2,3)17(25)28-13-10-12(16(23)24)11-14(29-18(26)21(4,5)6)15(13)30-19(27)22(7,8)9/h10-11H,1-9H3,(H2,23,24). The summed E-state index contributed by atoms with van der Waals surface area (Å²) < 4.78 is 16.3. The molecule has 1 aromatic carbocycles. The van der Waals surface area contributed by atoms with E-state index < -0.39 is 40.1 Å². The van der Waals surface area contributed by atoms with Crippen LogP contribution in [0.2, 0.25) is 0 Å². The van der Waals surface area contributed by atoms with Crippen LogP contribution in [0.5, 0.6) is 17.2 Å². The van der Waals surface area contributed by atoms with Gasteiger partial charge in [0.1, 0.15) is 0 Å². The molecule has 0 aliphatic rings. The molecule has 0 atom stereocenters. The van der Waals surface area contributed by atoms with Gasteiger partial charge in [-0.1, -0.05) is 0 Å². The number of rotatable bonds is 4. The fourth-order valence-corrected chi connectivity index (χ4v) is 1.72. The van der Waals surface area contributed by atoms with Crippen molar-refractivity contribution in [1.82, 2.24) is 0 Å². The van der Waals surface area contributed by atoms with Crippen molar-refractivity contribution < 1.29 is 33.4 Å². The summed E-state index contributed by atoms with van der Waals surface area (Å²) in [5.74, 6) is -3.58. The minimum atomic E-state index is -0.904. The van der Waals surface area contributed by atoms with Gasteiger partial charge in [-0.2, -0.15) is 0 Å². The topological polar surface area (TPSA) is 122 Å². The van der Waals surface area contributed by atoms with Crippen LogP contribution in [0.15, 0.2) is 12.1 Å². The number of hydrogen-bond donors (Lipinski definition) is 1. The number of amides is 1. The second kappa shape index (κ2) is 8.45. The van der Waals surface area contributed by atoms with Crippen molar-refractivity contribution >= 4 is 23.8 Å². The molecule has 0 spiro atoms. The first-order chi connectivity index (χ1) is 13.3. The monoisotopic (exact) mass is 421 g/mol. The van der Waals surface area contributed by atoms with Gasteiger partial charge in [0.25, 0.3) is 0 Å². The molecule has 1 aromatic rings. The zero-order valence-corrected chi connectivity index (χ0v) is 19.1. The van der Waals surface area contributed by atoms with Crippen LogP contribution < -0.4 is 19.9 Å². The van der Waals surface area contributed by atoms with Gasteiger partial charge in [-0.3, -0.25) is 19.2 Å². The summed E-state index contributed by atoms with van der Waals surface area (Å²) in [7, 11) is 0. The first-order valence-electron chi connectivity index (χ1n) is 9.48. The smallest absolute Gasteiger partial charge is 0.316 e. The molecule has 0 fully saturated rings. The lowest BCUT2D eigenvalue weighted by atomic mass is 9.97. The second-order valence-corrected chi connectivity index (χ2v) is 10.1. The Hall–Kier alpha value is -2.90. The molecule has 0 unspecified atom stereocenters. The molecule has 0 aliphatic carbocycles. The molecule has 1 rings (SSSR count). The fourth-order valence-electron chi connectivity index (χ4n) is 1.72. The normalized spacial score (nSPS) is 12.2. The third-order valence-electron chi connectivity index (χ3n) is 3.74. The van der Waals surface area contributed by atoms with Crippen LogP contribution >= 0.6 is 0 Å². The van der Waals surface area contributed by atoms with Crippen molar-refractivity contribution in [3.63, 3.8) is 0 Å². The summed E-state index contributed by atoms with van der Waals surface area (Å²) in [5.41, 5.74) is 2.60. The van der Waals surface area contributed by atoms with Crippen LogP contribution in [-0.2, 0) is 14.4 Å². The predicted molar refractivity (Wildman–Crippen MR) is 110 cm³/mol. The maximum Gasteiger partial charge on any atom is 0.316 e. The molecule has 0 aliphatic heterocycles. The Balaban J connectivity index is 3.68. The van der Waals surface area contributed by atoms with Crippen molar-refractivity contribution in [3.8, 4) is 17.2 Å². The van der Waals surface area contributed by atoms with E-state index in [0.717, 1.165) is 0 Å². The lowest BCUT2D eigenvalue weighted by molar-refractivity contribution is -0.146. The summed E-state index contributed by atoms with van der Waals surface area (Å²) in [6.07, 6.45) is 0. The molecule has 2 N–H and O–H groups in total. The van der Waals surface area contributed by atoms with Gasteiger partial charge in [0.15, 0.2) is 11.5 Å². The molecule has 0 heterocycles. The molecule has 0 bridgehead atoms. The van der Waals surface area contributed by atoms with Gasteiger partial charge in [-0.05, 0) is 74.4 Å². The van der Waals surface area contributed by atoms with Crippen LogP contribution in [0.4, 0.5) is 0 Å². The number of esters is 3. The molecule has 30 heavy (non-hydrogen) atoms. The number of carbonyl (C=O) groups excluding carboxylic acids is 4. The molecule has 0 radical (unpaired) electrons. The van der Waals surface area contributed by atoms with Gasteiger partial charge in [-0.15, -0.1) is 0 Å². The van der Waals surface area contributed by atoms with Crippen molar-refractivity contribution in [2.45, 2.75) is 62.3 Å². The van der Waals surface area contributed by atoms with Crippen molar-refractivity contribution in [1.29, 1.82) is 0 Å². The first kappa shape index (κ1) is 25.1. The van der Waals surface area contributed by atoms with Crippen LogP contribution in [0.1, 0.15) is 72.7 Å². The highest BCUT2D eigenvalue weighted by molar-refractivity contribution is 5.95. The molecule has 1 amide bonds. The Bertz CT molecular complexity index is 816. The van der Waals surface area contributed by atoms with E-state index in [1.807, 2.05) is 0 Å². The maximum absolute atomic E-state index is 12.5. The Morgan fingerprint density at radius 1 is 0.633 bits per heavy atom. The number of primary amides is 1. The van der Waals surface area contributed by atoms with E-state index in [1.54, 1.807) is 62.3 Å². The summed E-state index contributed by atoms with van der Waals surface area (Å²) >= 11 is 0. The van der Waals surface area contributed by atoms with E-state index in [1.165, 1.54) is 12.1 Å². The quantitative estimate of drug-likeness (QED) is 0.582. The molecule has 8 nitrogen and oxygen atoms in total. The molecule has 8 heteroatoms. The van der Waals surface area contributed by atoms with Crippen LogP contribution in [0.25, 0.3) is 0 Å². The van der Waals surface area contributed by atoms with Gasteiger partial charge in [0, 0.05) is 5.56 Å². The molecule has 166 valence electrons. The number of carbonyl (C=O) groups is 4. The molecular weight excluding hydrogens is 390 g/mol. The molecular formula is C22H31NO7. The Labute approximate surface area is 177 Å². The van der Waals surface area contributed by atoms with E-state index >= 15 is 0 Å². The number of ether oxygens (including phenoxy) is 3. The van der Waals surface area contributed by atoms with Gasteiger partial charge in [0.05, 0.1) is 16.2 Å². The van der Waals surface area contributed by atoms with E-state index in [-0.39, 0.29) is 22.8 Å². The SMILES string of the molecule is CC(C)(C)C(=O)Oc1cc(C(N)=O)cc(OC(=O)C(C)(C)C)c1OC(=O)C(C)(C)C. The highest BCUT2D eigenvalue weighted by Gasteiger charge is 2.33. The molecule has 0 saturated heterocycles. The van der Waals surface area contributed by atoms with Crippen LogP contribution in [0, 0.1) is 16.2 Å². The molecule has 0 saturated carbocycles. The Morgan fingerprint density at radius 3 is 1.20 bits per heavy atom. The minimum Gasteiger partial charge on any atom is -0.422 e. The van der Waals surface area contributed by atoms with E-state index in [2.05, 4.69) is 0 Å². The molecule has 0 aromatic heterocycles. The van der Waals surface area contributed by atoms with Crippen LogP contribution in [-0.4, -0.2) is 23.8 Å². The summed E-state index contributed by atoms with van der Waals surface area (Å²) in [6, 6.07) is 2.34. The van der Waals surface area contributed by atoms with Crippen molar-refractivity contribution in [3.05, 3.63) is 17.7 Å². The first-order valence-corrected chi connectivity index (χ1v) is 9.48. The highest BCUT2D eigenvalue weighted by atomic mass is 16.6. The average molecular weight is 421 g/mol. The van der Waals surface area contributed by atoms with E-state index in [0.29, 0.717) is 0 Å². The Kier molecular flexibility index (Phi) is 7.08. The van der Waals surface area contributed by atoms with Crippen molar-refractivity contribution in [2.75, 3.05) is 0 Å². The third kappa shape index (κ3) is 6.57. The zero-order chi connectivity index (χ0) is 23.7. The Morgan fingerprint density at radius 2 is 0.933 bits per heavy atom. The fraction of sp³-hybridized carbons (Fsp3) is 0.545. The van der Waals surface area contributed by atoms with Crippen molar-refractivity contribution in [2.24, 2.45) is 22.0 Å². The average Bonchev–Trinajstić information content (AvgIpc) is 2.54. The lowest BCUT2D eigenvalue weighted by Gasteiger charge is -2.23.